The average molecular weight is 206 g/mol. The van der Waals surface area contributed by atoms with Crippen molar-refractivity contribution in [2.45, 2.75) is 13.5 Å². The van der Waals surface area contributed by atoms with Gasteiger partial charge < -0.3 is 10.2 Å². The average Bonchev–Trinajstić information content (AvgIpc) is 2.22. The van der Waals surface area contributed by atoms with E-state index < -0.39 is 0 Å². The summed E-state index contributed by atoms with van der Waals surface area (Å²) in [6.45, 7) is 3.11. The fourth-order valence-electron chi connectivity index (χ4n) is 1.34. The van der Waals surface area contributed by atoms with Crippen molar-refractivity contribution < 1.29 is 4.79 Å². The Balaban J connectivity index is 2.54. The second kappa shape index (κ2) is 5.51. The summed E-state index contributed by atoms with van der Waals surface area (Å²) in [4.78, 5) is 13.2. The van der Waals surface area contributed by atoms with Crippen LogP contribution in [0, 0.1) is 6.92 Å². The van der Waals surface area contributed by atoms with Gasteiger partial charge in [-0.1, -0.05) is 29.8 Å². The van der Waals surface area contributed by atoms with Crippen molar-refractivity contribution in [3.8, 4) is 0 Å². The van der Waals surface area contributed by atoms with Crippen molar-refractivity contribution in [1.82, 2.24) is 10.2 Å². The number of hydrogen-bond acceptors (Lipinski definition) is 2. The van der Waals surface area contributed by atoms with Gasteiger partial charge in [-0.15, -0.1) is 0 Å². The zero-order valence-electron chi connectivity index (χ0n) is 9.58. The summed E-state index contributed by atoms with van der Waals surface area (Å²) in [5, 5.41) is 2.85. The molecule has 1 rings (SSSR count). The number of benzene rings is 1. The van der Waals surface area contributed by atoms with Crippen molar-refractivity contribution in [2.24, 2.45) is 0 Å². The van der Waals surface area contributed by atoms with Gasteiger partial charge in [0.1, 0.15) is 0 Å². The Bertz CT molecular complexity index is 319. The Morgan fingerprint density at radius 1 is 1.33 bits per heavy atom. The maximum Gasteiger partial charge on any atom is 0.236 e. The first kappa shape index (κ1) is 11.7. The van der Waals surface area contributed by atoms with Crippen molar-refractivity contribution >= 4 is 5.91 Å². The highest BCUT2D eigenvalue weighted by Crippen LogP contribution is 2.05. The molecule has 0 radical (unpaired) electrons. The molecule has 0 bridgehead atoms. The molecule has 0 fully saturated rings. The maximum atomic E-state index is 11.5. The maximum absolute atomic E-state index is 11.5. The number of nitrogens with zero attached hydrogens (tertiary/aromatic N) is 1. The van der Waals surface area contributed by atoms with Gasteiger partial charge in [0.25, 0.3) is 0 Å². The van der Waals surface area contributed by atoms with Crippen LogP contribution in [0.1, 0.15) is 11.1 Å². The van der Waals surface area contributed by atoms with Gasteiger partial charge in [0.2, 0.25) is 5.91 Å². The zero-order valence-corrected chi connectivity index (χ0v) is 9.58. The smallest absolute Gasteiger partial charge is 0.236 e. The Kier molecular flexibility index (Phi) is 4.31. The van der Waals surface area contributed by atoms with E-state index in [9.17, 15) is 4.79 Å². The van der Waals surface area contributed by atoms with Gasteiger partial charge in [-0.25, -0.2) is 0 Å². The molecule has 0 aliphatic rings. The number of carbonyl (C=O) groups excluding carboxylic acids is 1. The minimum atomic E-state index is 0.109. The molecule has 1 amide bonds. The molecule has 0 aliphatic heterocycles. The van der Waals surface area contributed by atoms with Crippen molar-refractivity contribution in [3.63, 3.8) is 0 Å². The van der Waals surface area contributed by atoms with E-state index in [4.69, 9.17) is 0 Å². The Morgan fingerprint density at radius 2 is 1.93 bits per heavy atom. The van der Waals surface area contributed by atoms with Gasteiger partial charge in [0.05, 0.1) is 6.54 Å². The highest BCUT2D eigenvalue weighted by Gasteiger charge is 2.07. The summed E-state index contributed by atoms with van der Waals surface area (Å²) in [5.41, 5.74) is 2.40. The third-order valence-corrected chi connectivity index (χ3v) is 2.29. The molecule has 0 unspecified atom stereocenters. The van der Waals surface area contributed by atoms with Crippen molar-refractivity contribution in [2.75, 3.05) is 20.6 Å². The number of hydrogen-bond donors (Lipinski definition) is 1. The quantitative estimate of drug-likeness (QED) is 0.802. The second-order valence-electron chi connectivity index (χ2n) is 3.77. The minimum Gasteiger partial charge on any atom is -0.340 e. The lowest BCUT2D eigenvalue weighted by molar-refractivity contribution is -0.129. The predicted octanol–water partition coefficient (Wildman–Crippen LogP) is 1.17. The van der Waals surface area contributed by atoms with Crippen LogP contribution < -0.4 is 5.32 Å². The fraction of sp³-hybridized carbons (Fsp3) is 0.417. The topological polar surface area (TPSA) is 32.3 Å². The van der Waals surface area contributed by atoms with Crippen LogP contribution in [0.25, 0.3) is 0 Å². The van der Waals surface area contributed by atoms with E-state index in [0.717, 1.165) is 5.56 Å². The summed E-state index contributed by atoms with van der Waals surface area (Å²) < 4.78 is 0. The van der Waals surface area contributed by atoms with E-state index in [1.807, 2.05) is 7.05 Å². The highest BCUT2D eigenvalue weighted by atomic mass is 16.2. The van der Waals surface area contributed by atoms with E-state index in [1.165, 1.54) is 5.56 Å². The molecule has 0 aromatic heterocycles. The van der Waals surface area contributed by atoms with E-state index in [0.29, 0.717) is 13.1 Å². The lowest BCUT2D eigenvalue weighted by Gasteiger charge is -2.17. The normalized spacial score (nSPS) is 10.1. The lowest BCUT2D eigenvalue weighted by Crippen LogP contribution is -2.33. The molecule has 82 valence electrons. The number of rotatable bonds is 4. The molecule has 1 N–H and O–H groups in total. The number of amides is 1. The summed E-state index contributed by atoms with van der Waals surface area (Å²) in [6.07, 6.45) is 0. The van der Waals surface area contributed by atoms with E-state index in [2.05, 4.69) is 36.5 Å². The molecule has 0 saturated heterocycles. The fourth-order valence-corrected chi connectivity index (χ4v) is 1.34. The van der Waals surface area contributed by atoms with E-state index in [1.54, 1.807) is 11.9 Å². The van der Waals surface area contributed by atoms with Gasteiger partial charge in [-0.05, 0) is 19.5 Å². The first-order chi connectivity index (χ1) is 7.13. The first-order valence-corrected chi connectivity index (χ1v) is 5.07. The van der Waals surface area contributed by atoms with Crippen LogP contribution in [0.15, 0.2) is 24.3 Å². The van der Waals surface area contributed by atoms with Crippen LogP contribution in [-0.2, 0) is 11.3 Å². The Hall–Kier alpha value is -1.35. The van der Waals surface area contributed by atoms with E-state index in [-0.39, 0.29) is 5.91 Å². The number of carbonyl (C=O) groups is 1. The second-order valence-corrected chi connectivity index (χ2v) is 3.77. The molecule has 3 heteroatoms. The molecule has 0 spiro atoms. The van der Waals surface area contributed by atoms with Crippen LogP contribution in [-0.4, -0.2) is 31.4 Å². The molecular formula is C12H18N2O. The van der Waals surface area contributed by atoms with Gasteiger partial charge in [0, 0.05) is 13.6 Å². The predicted molar refractivity (Wildman–Crippen MR) is 61.6 cm³/mol. The molecule has 1 aromatic rings. The Labute approximate surface area is 91.1 Å². The number of nitrogens with one attached hydrogen (secondary N) is 1. The number of aryl methyl sites for hydroxylation is 1. The highest BCUT2D eigenvalue weighted by molar-refractivity contribution is 5.77. The van der Waals surface area contributed by atoms with Gasteiger partial charge in [-0.2, -0.15) is 0 Å². The SMILES string of the molecule is CNCC(=O)N(C)Cc1ccc(C)cc1. The summed E-state index contributed by atoms with van der Waals surface area (Å²) in [7, 11) is 3.59. The molecule has 1 aromatic carbocycles. The largest absolute Gasteiger partial charge is 0.340 e. The molecule has 0 atom stereocenters. The van der Waals surface area contributed by atoms with Crippen LogP contribution in [0.4, 0.5) is 0 Å². The van der Waals surface area contributed by atoms with Crippen LogP contribution >= 0.6 is 0 Å². The molecular weight excluding hydrogens is 188 g/mol. The monoisotopic (exact) mass is 206 g/mol. The van der Waals surface area contributed by atoms with Crippen molar-refractivity contribution in [1.29, 1.82) is 0 Å². The third kappa shape index (κ3) is 3.72. The zero-order chi connectivity index (χ0) is 11.3. The summed E-state index contributed by atoms with van der Waals surface area (Å²) >= 11 is 0. The van der Waals surface area contributed by atoms with Gasteiger partial charge in [0.15, 0.2) is 0 Å². The van der Waals surface area contributed by atoms with Crippen molar-refractivity contribution in [3.05, 3.63) is 35.4 Å². The summed E-state index contributed by atoms with van der Waals surface area (Å²) in [6, 6.07) is 8.23. The van der Waals surface area contributed by atoms with Crippen LogP contribution in [0.2, 0.25) is 0 Å². The standard InChI is InChI=1S/C12H18N2O/c1-10-4-6-11(7-5-10)9-14(3)12(15)8-13-2/h4-7,13H,8-9H2,1-3H3. The third-order valence-electron chi connectivity index (χ3n) is 2.29. The molecule has 0 heterocycles. The van der Waals surface area contributed by atoms with Crippen LogP contribution in [0.5, 0.6) is 0 Å². The number of likely N-dealkylation sites (N-methyl/N-ethyl adjacent to an activating group) is 2. The van der Waals surface area contributed by atoms with Crippen LogP contribution in [0.3, 0.4) is 0 Å². The van der Waals surface area contributed by atoms with Gasteiger partial charge >= 0.3 is 0 Å². The molecule has 3 nitrogen and oxygen atoms in total. The Morgan fingerprint density at radius 3 is 2.47 bits per heavy atom. The first-order valence-electron chi connectivity index (χ1n) is 5.07. The summed E-state index contributed by atoms with van der Waals surface area (Å²) in [5.74, 6) is 0.109. The lowest BCUT2D eigenvalue weighted by atomic mass is 10.1. The van der Waals surface area contributed by atoms with E-state index >= 15 is 0 Å². The molecule has 0 aliphatic carbocycles. The molecule has 0 saturated carbocycles. The minimum absolute atomic E-state index is 0.109. The van der Waals surface area contributed by atoms with Gasteiger partial charge in [-0.3, -0.25) is 4.79 Å². The molecule has 15 heavy (non-hydrogen) atoms.